The van der Waals surface area contributed by atoms with Gasteiger partial charge in [0.2, 0.25) is 5.91 Å². The Morgan fingerprint density at radius 3 is 2.57 bits per heavy atom. The summed E-state index contributed by atoms with van der Waals surface area (Å²) < 4.78 is 0. The number of nitrogens with one attached hydrogen (secondary N) is 1. The minimum absolute atomic E-state index is 0.0430. The number of nitrogens with zero attached hydrogens (tertiary/aromatic N) is 2. The fourth-order valence-corrected chi connectivity index (χ4v) is 2.74. The molecule has 1 aliphatic heterocycles. The first-order valence-corrected chi connectivity index (χ1v) is 7.48. The molecule has 0 radical (unpaired) electrons. The van der Waals surface area contributed by atoms with Crippen LogP contribution in [0, 0.1) is 0 Å². The molecule has 0 saturated carbocycles. The highest BCUT2D eigenvalue weighted by Crippen LogP contribution is 2.35. The van der Waals surface area contributed by atoms with E-state index in [1.54, 1.807) is 4.90 Å². The van der Waals surface area contributed by atoms with E-state index in [1.807, 2.05) is 24.3 Å². The van der Waals surface area contributed by atoms with Gasteiger partial charge in [-0.1, -0.05) is 32.0 Å². The third-order valence-electron chi connectivity index (χ3n) is 3.93. The molecule has 1 N–H and O–H groups in total. The highest BCUT2D eigenvalue weighted by molar-refractivity contribution is 6.06. The van der Waals surface area contributed by atoms with Gasteiger partial charge in [0.1, 0.15) is 6.04 Å². The maximum absolute atomic E-state index is 12.6. The topological polar surface area (TPSA) is 52.6 Å². The lowest BCUT2D eigenvalue weighted by molar-refractivity contribution is -0.126. The van der Waals surface area contributed by atoms with E-state index >= 15 is 0 Å². The van der Waals surface area contributed by atoms with E-state index < -0.39 is 6.04 Å². The summed E-state index contributed by atoms with van der Waals surface area (Å²) in [5.74, 6) is -0.229. The van der Waals surface area contributed by atoms with Gasteiger partial charge in [0.05, 0.1) is 0 Å². The number of fused-ring (bicyclic) bond motifs is 1. The third-order valence-corrected chi connectivity index (χ3v) is 3.93. The molecule has 2 rings (SSSR count). The minimum Gasteiger partial charge on any atom is -0.341 e. The van der Waals surface area contributed by atoms with Crippen molar-refractivity contribution in [3.63, 3.8) is 0 Å². The largest absolute Gasteiger partial charge is 0.341 e. The van der Waals surface area contributed by atoms with Crippen LogP contribution in [0.15, 0.2) is 24.3 Å². The molecule has 21 heavy (non-hydrogen) atoms. The number of hydrogen-bond acceptors (Lipinski definition) is 3. The fourth-order valence-electron chi connectivity index (χ4n) is 2.74. The van der Waals surface area contributed by atoms with Crippen LogP contribution in [-0.2, 0) is 9.59 Å². The zero-order valence-corrected chi connectivity index (χ0v) is 12.9. The molecule has 1 aliphatic rings. The number of para-hydroxylation sites is 1. The van der Waals surface area contributed by atoms with Gasteiger partial charge in [-0.25, -0.2) is 0 Å². The minimum atomic E-state index is -0.546. The van der Waals surface area contributed by atoms with Gasteiger partial charge in [-0.05, 0) is 19.2 Å². The number of rotatable bonds is 6. The summed E-state index contributed by atoms with van der Waals surface area (Å²) in [5, 5.41) is 2.75. The van der Waals surface area contributed by atoms with Crippen molar-refractivity contribution in [2.75, 3.05) is 31.1 Å². The maximum Gasteiger partial charge on any atom is 0.254 e. The lowest BCUT2D eigenvalue weighted by atomic mass is 10.1. The first-order valence-electron chi connectivity index (χ1n) is 7.48. The number of carbonyl (C=O) groups excluding carboxylic acids is 2. The van der Waals surface area contributed by atoms with E-state index in [4.69, 9.17) is 0 Å². The number of amides is 2. The Labute approximate surface area is 125 Å². The molecule has 114 valence electrons. The highest BCUT2D eigenvalue weighted by atomic mass is 16.2. The zero-order valence-electron chi connectivity index (χ0n) is 12.9. The van der Waals surface area contributed by atoms with Gasteiger partial charge in [0.25, 0.3) is 5.91 Å². The van der Waals surface area contributed by atoms with E-state index in [2.05, 4.69) is 24.1 Å². The second-order valence-electron chi connectivity index (χ2n) is 5.21. The predicted octanol–water partition coefficient (Wildman–Crippen LogP) is 1.55. The van der Waals surface area contributed by atoms with Crippen molar-refractivity contribution in [2.45, 2.75) is 26.8 Å². The molecule has 0 saturated heterocycles. The fraction of sp³-hybridized carbons (Fsp3) is 0.500. The van der Waals surface area contributed by atoms with Crippen molar-refractivity contribution >= 4 is 17.5 Å². The molecule has 1 heterocycles. The van der Waals surface area contributed by atoms with E-state index in [9.17, 15) is 9.59 Å². The average molecular weight is 289 g/mol. The van der Waals surface area contributed by atoms with Crippen LogP contribution in [0.4, 0.5) is 5.69 Å². The van der Waals surface area contributed by atoms with E-state index in [0.717, 1.165) is 30.9 Å². The molecule has 1 atom stereocenters. The van der Waals surface area contributed by atoms with E-state index in [0.29, 0.717) is 6.54 Å². The SMILES string of the molecule is CCN(CC)CCN1C(=O)[C@@H](NC(C)=O)c2ccccc21. The Morgan fingerprint density at radius 1 is 1.29 bits per heavy atom. The van der Waals surface area contributed by atoms with Crippen molar-refractivity contribution in [3.05, 3.63) is 29.8 Å². The Kier molecular flexibility index (Phi) is 4.96. The molecule has 0 fully saturated rings. The van der Waals surface area contributed by atoms with Crippen molar-refractivity contribution in [3.8, 4) is 0 Å². The molecule has 1 aromatic carbocycles. The summed E-state index contributed by atoms with van der Waals surface area (Å²) >= 11 is 0. The first kappa shape index (κ1) is 15.5. The van der Waals surface area contributed by atoms with E-state index in [1.165, 1.54) is 6.92 Å². The van der Waals surface area contributed by atoms with Crippen LogP contribution >= 0.6 is 0 Å². The summed E-state index contributed by atoms with van der Waals surface area (Å²) in [7, 11) is 0. The molecule has 0 aromatic heterocycles. The molecular weight excluding hydrogens is 266 g/mol. The van der Waals surface area contributed by atoms with Crippen LogP contribution < -0.4 is 10.2 Å². The number of hydrogen-bond donors (Lipinski definition) is 1. The van der Waals surface area contributed by atoms with Crippen LogP contribution in [0.5, 0.6) is 0 Å². The van der Waals surface area contributed by atoms with E-state index in [-0.39, 0.29) is 11.8 Å². The number of anilines is 1. The molecule has 0 unspecified atom stereocenters. The lowest BCUT2D eigenvalue weighted by Crippen LogP contribution is -2.40. The van der Waals surface area contributed by atoms with Gasteiger partial charge in [-0.15, -0.1) is 0 Å². The summed E-state index contributed by atoms with van der Waals surface area (Å²) in [6.45, 7) is 9.08. The number of carbonyl (C=O) groups is 2. The zero-order chi connectivity index (χ0) is 15.4. The van der Waals surface area contributed by atoms with Crippen LogP contribution in [0.3, 0.4) is 0 Å². The van der Waals surface area contributed by atoms with Gasteiger partial charge < -0.3 is 15.1 Å². The first-order chi connectivity index (χ1) is 10.1. The Balaban J connectivity index is 2.19. The normalized spacial score (nSPS) is 17.2. The molecular formula is C16H23N3O2. The second kappa shape index (κ2) is 6.72. The average Bonchev–Trinajstić information content (AvgIpc) is 2.73. The van der Waals surface area contributed by atoms with Crippen LogP contribution in [0.1, 0.15) is 32.4 Å². The second-order valence-corrected chi connectivity index (χ2v) is 5.21. The van der Waals surface area contributed by atoms with Crippen molar-refractivity contribution in [1.82, 2.24) is 10.2 Å². The summed E-state index contributed by atoms with van der Waals surface area (Å²) in [6.07, 6.45) is 0. The molecule has 2 amide bonds. The van der Waals surface area contributed by atoms with Crippen LogP contribution in [0.2, 0.25) is 0 Å². The predicted molar refractivity (Wildman–Crippen MR) is 83.1 cm³/mol. The maximum atomic E-state index is 12.6. The van der Waals surface area contributed by atoms with Gasteiger partial charge in [-0.2, -0.15) is 0 Å². The van der Waals surface area contributed by atoms with Gasteiger partial charge >= 0.3 is 0 Å². The van der Waals surface area contributed by atoms with Crippen LogP contribution in [-0.4, -0.2) is 42.9 Å². The molecule has 0 bridgehead atoms. The van der Waals surface area contributed by atoms with Gasteiger partial charge in [-0.3, -0.25) is 9.59 Å². The Hall–Kier alpha value is -1.88. The third kappa shape index (κ3) is 3.24. The Morgan fingerprint density at radius 2 is 1.95 bits per heavy atom. The van der Waals surface area contributed by atoms with Gasteiger partial charge in [0.15, 0.2) is 0 Å². The Bertz CT molecular complexity index is 526. The van der Waals surface area contributed by atoms with Crippen molar-refractivity contribution < 1.29 is 9.59 Å². The standard InChI is InChI=1S/C16H23N3O2/c1-4-18(5-2)10-11-19-14-9-7-6-8-13(14)15(16(19)21)17-12(3)20/h6-9,15H,4-5,10-11H2,1-3H3,(H,17,20)/t15-/m0/s1. The smallest absolute Gasteiger partial charge is 0.254 e. The van der Waals surface area contributed by atoms with Gasteiger partial charge in [0, 0.05) is 31.3 Å². The molecule has 5 nitrogen and oxygen atoms in total. The number of benzene rings is 1. The van der Waals surface area contributed by atoms with Crippen LogP contribution in [0.25, 0.3) is 0 Å². The summed E-state index contributed by atoms with van der Waals surface area (Å²) in [6, 6.07) is 7.12. The summed E-state index contributed by atoms with van der Waals surface area (Å²) in [5.41, 5.74) is 1.80. The quantitative estimate of drug-likeness (QED) is 0.864. The molecule has 0 aliphatic carbocycles. The molecule has 0 spiro atoms. The molecule has 1 aromatic rings. The van der Waals surface area contributed by atoms with Crippen molar-refractivity contribution in [2.24, 2.45) is 0 Å². The summed E-state index contributed by atoms with van der Waals surface area (Å²) in [4.78, 5) is 28.0. The highest BCUT2D eigenvalue weighted by Gasteiger charge is 2.37. The lowest BCUT2D eigenvalue weighted by Gasteiger charge is -2.23. The molecule has 5 heteroatoms. The number of likely N-dealkylation sites (N-methyl/N-ethyl adjacent to an activating group) is 1. The monoisotopic (exact) mass is 289 g/mol. The van der Waals surface area contributed by atoms with Crippen molar-refractivity contribution in [1.29, 1.82) is 0 Å².